The van der Waals surface area contributed by atoms with Gasteiger partial charge in [-0.3, -0.25) is 4.79 Å². The zero-order valence-electron chi connectivity index (χ0n) is 15.2. The molecule has 1 aromatic heterocycles. The minimum atomic E-state index is -3.70. The second kappa shape index (κ2) is 9.35. The van der Waals surface area contributed by atoms with Crippen molar-refractivity contribution in [3.05, 3.63) is 41.3 Å². The first-order valence-electron chi connectivity index (χ1n) is 8.26. The molecule has 1 aromatic carbocycles. The average molecular weight is 391 g/mol. The largest absolute Gasteiger partial charge is 0.480 e. The highest BCUT2D eigenvalue weighted by Crippen LogP contribution is 2.22. The van der Waals surface area contributed by atoms with Gasteiger partial charge < -0.3 is 14.3 Å². The number of aryl methyl sites for hydroxylation is 2. The molecule has 0 aliphatic heterocycles. The summed E-state index contributed by atoms with van der Waals surface area (Å²) in [4.78, 5) is 14.9. The summed E-state index contributed by atoms with van der Waals surface area (Å²) in [7, 11) is -3.70. The predicted molar refractivity (Wildman–Crippen MR) is 100 cm³/mol. The third-order valence-electron chi connectivity index (χ3n) is 3.61. The number of aromatic nitrogens is 1. The van der Waals surface area contributed by atoms with Crippen LogP contribution in [0.5, 0.6) is 0 Å². The van der Waals surface area contributed by atoms with Crippen molar-refractivity contribution in [3.63, 3.8) is 0 Å². The second-order valence-corrected chi connectivity index (χ2v) is 8.03. The van der Waals surface area contributed by atoms with Crippen LogP contribution in [0.15, 0.2) is 28.7 Å². The zero-order valence-corrected chi connectivity index (χ0v) is 16.0. The van der Waals surface area contributed by atoms with Crippen molar-refractivity contribution in [3.8, 4) is 23.3 Å². The predicted octanol–water partition coefficient (Wildman–Crippen LogP) is 2.02. The lowest BCUT2D eigenvalue weighted by atomic mass is 10.1. The molecule has 1 heterocycles. The molecule has 2 aromatic rings. The van der Waals surface area contributed by atoms with Gasteiger partial charge in [0, 0.05) is 12.0 Å². The van der Waals surface area contributed by atoms with Gasteiger partial charge in [0.2, 0.25) is 5.89 Å². The molecule has 0 unspecified atom stereocenters. The number of ether oxygens (including phenoxy) is 1. The van der Waals surface area contributed by atoms with Gasteiger partial charge in [-0.2, -0.15) is 0 Å². The molecule has 0 fully saturated rings. The monoisotopic (exact) mass is 391 g/mol. The van der Waals surface area contributed by atoms with Crippen molar-refractivity contribution in [1.29, 1.82) is 0 Å². The summed E-state index contributed by atoms with van der Waals surface area (Å²) in [6, 6.07) is 7.89. The van der Waals surface area contributed by atoms with Crippen molar-refractivity contribution < 1.29 is 27.5 Å². The number of carboxylic acids is 1. The van der Waals surface area contributed by atoms with Crippen molar-refractivity contribution in [2.24, 2.45) is 0 Å². The molecule has 0 aliphatic carbocycles. The van der Waals surface area contributed by atoms with Gasteiger partial charge in [0.1, 0.15) is 23.9 Å². The van der Waals surface area contributed by atoms with Gasteiger partial charge in [-0.1, -0.05) is 29.5 Å². The molecule has 0 aliphatic rings. The van der Waals surface area contributed by atoms with Crippen LogP contribution in [0.25, 0.3) is 11.5 Å². The van der Waals surface area contributed by atoms with Crippen LogP contribution in [0.1, 0.15) is 17.0 Å². The summed E-state index contributed by atoms with van der Waals surface area (Å²) >= 11 is 0. The van der Waals surface area contributed by atoms with Gasteiger partial charge in [-0.05, 0) is 26.0 Å². The first kappa shape index (κ1) is 20.7. The molecule has 8 heteroatoms. The maximum atomic E-state index is 11.3. The SMILES string of the molecule is Cc1ccc(-c2nc(CCOCC#CCS(=O)(=O)CC(=O)O)c(C)o2)cc1. The minimum absolute atomic E-state index is 0.0598. The summed E-state index contributed by atoms with van der Waals surface area (Å²) in [6.07, 6.45) is 0.542. The Morgan fingerprint density at radius 1 is 1.22 bits per heavy atom. The number of hydrogen-bond donors (Lipinski definition) is 1. The van der Waals surface area contributed by atoms with E-state index >= 15 is 0 Å². The van der Waals surface area contributed by atoms with Gasteiger partial charge in [0.25, 0.3) is 0 Å². The molecule has 7 nitrogen and oxygen atoms in total. The van der Waals surface area contributed by atoms with Crippen LogP contribution in [-0.4, -0.2) is 49.2 Å². The Kier molecular flexibility index (Phi) is 7.16. The fourth-order valence-corrected chi connectivity index (χ4v) is 3.02. The normalized spacial score (nSPS) is 11.0. The van der Waals surface area contributed by atoms with Gasteiger partial charge >= 0.3 is 5.97 Å². The Morgan fingerprint density at radius 2 is 1.93 bits per heavy atom. The molecular weight excluding hydrogens is 370 g/mol. The molecule has 0 bridgehead atoms. The highest BCUT2D eigenvalue weighted by atomic mass is 32.2. The molecule has 1 N–H and O–H groups in total. The summed E-state index contributed by atoms with van der Waals surface area (Å²) in [5.74, 6) is 3.46. The molecular formula is C19H21NO6S. The fourth-order valence-electron chi connectivity index (χ4n) is 2.22. The molecule has 0 atom stereocenters. The van der Waals surface area contributed by atoms with Gasteiger partial charge in [0.05, 0.1) is 12.3 Å². The zero-order chi connectivity index (χ0) is 19.9. The molecule has 0 spiro atoms. The van der Waals surface area contributed by atoms with E-state index in [-0.39, 0.29) is 6.61 Å². The number of aliphatic carboxylic acids is 1. The third kappa shape index (κ3) is 6.89. The highest BCUT2D eigenvalue weighted by Gasteiger charge is 2.14. The van der Waals surface area contributed by atoms with Crippen molar-refractivity contribution in [1.82, 2.24) is 4.98 Å². The Morgan fingerprint density at radius 3 is 2.59 bits per heavy atom. The Labute approximate surface area is 158 Å². The average Bonchev–Trinajstić information content (AvgIpc) is 2.94. The first-order chi connectivity index (χ1) is 12.8. The van der Waals surface area contributed by atoms with Crippen LogP contribution in [0.2, 0.25) is 0 Å². The van der Waals surface area contributed by atoms with Gasteiger partial charge in [0.15, 0.2) is 9.84 Å². The van der Waals surface area contributed by atoms with Crippen LogP contribution >= 0.6 is 0 Å². The van der Waals surface area contributed by atoms with E-state index in [1.807, 2.05) is 38.1 Å². The summed E-state index contributed by atoms with van der Waals surface area (Å²) < 4.78 is 33.7. The Balaban J connectivity index is 1.79. The summed E-state index contributed by atoms with van der Waals surface area (Å²) in [5.41, 5.74) is 2.86. The summed E-state index contributed by atoms with van der Waals surface area (Å²) in [5, 5.41) is 8.47. The Bertz CT molecular complexity index is 948. The third-order valence-corrected chi connectivity index (χ3v) is 4.88. The second-order valence-electron chi connectivity index (χ2n) is 5.97. The number of rotatable bonds is 8. The number of oxazole rings is 1. The van der Waals surface area contributed by atoms with E-state index in [0.717, 1.165) is 22.6 Å². The van der Waals surface area contributed by atoms with Crippen molar-refractivity contribution in [2.75, 3.05) is 24.7 Å². The quantitative estimate of drug-likeness (QED) is 0.542. The maximum absolute atomic E-state index is 11.3. The fraction of sp³-hybridized carbons (Fsp3) is 0.368. The van der Waals surface area contributed by atoms with Gasteiger partial charge in [-0.25, -0.2) is 13.4 Å². The standard InChI is InChI=1S/C19H21NO6S/c1-14-5-7-16(8-6-14)19-20-17(15(2)26-19)9-11-25-10-3-4-12-27(23,24)13-18(21)22/h5-8H,9-13H2,1-2H3,(H,21,22). The van der Waals surface area contributed by atoms with Crippen molar-refractivity contribution >= 4 is 15.8 Å². The topological polar surface area (TPSA) is 107 Å². The van der Waals surface area contributed by atoms with E-state index in [0.29, 0.717) is 18.9 Å². The number of benzene rings is 1. The highest BCUT2D eigenvalue weighted by molar-refractivity contribution is 7.92. The molecule has 27 heavy (non-hydrogen) atoms. The number of hydrogen-bond acceptors (Lipinski definition) is 6. The van der Waals surface area contributed by atoms with Crippen LogP contribution in [0, 0.1) is 25.7 Å². The van der Waals surface area contributed by atoms with Crippen LogP contribution in [-0.2, 0) is 25.8 Å². The molecule has 2 rings (SSSR count). The number of carboxylic acid groups (broad SMARTS) is 1. The molecule has 0 radical (unpaired) electrons. The van der Waals surface area contributed by atoms with E-state index in [2.05, 4.69) is 16.8 Å². The van der Waals surface area contributed by atoms with E-state index in [1.54, 1.807) is 0 Å². The van der Waals surface area contributed by atoms with Crippen LogP contribution < -0.4 is 0 Å². The summed E-state index contributed by atoms with van der Waals surface area (Å²) in [6.45, 7) is 4.27. The van der Waals surface area contributed by atoms with Crippen molar-refractivity contribution in [2.45, 2.75) is 20.3 Å². The van der Waals surface area contributed by atoms with E-state index in [9.17, 15) is 13.2 Å². The maximum Gasteiger partial charge on any atom is 0.318 e. The number of nitrogens with zero attached hydrogens (tertiary/aromatic N) is 1. The van der Waals surface area contributed by atoms with E-state index in [4.69, 9.17) is 14.3 Å². The van der Waals surface area contributed by atoms with E-state index in [1.165, 1.54) is 0 Å². The lowest BCUT2D eigenvalue weighted by Crippen LogP contribution is -2.17. The lowest BCUT2D eigenvalue weighted by molar-refractivity contribution is -0.134. The van der Waals surface area contributed by atoms with Crippen LogP contribution in [0.4, 0.5) is 0 Å². The molecule has 0 saturated carbocycles. The number of sulfone groups is 1. The molecule has 0 amide bonds. The smallest absolute Gasteiger partial charge is 0.318 e. The van der Waals surface area contributed by atoms with Gasteiger partial charge in [-0.15, -0.1) is 0 Å². The molecule has 144 valence electrons. The minimum Gasteiger partial charge on any atom is -0.480 e. The van der Waals surface area contributed by atoms with E-state index < -0.39 is 27.3 Å². The van der Waals surface area contributed by atoms with Crippen LogP contribution in [0.3, 0.4) is 0 Å². The lowest BCUT2D eigenvalue weighted by Gasteiger charge is -1.98. The molecule has 0 saturated heterocycles. The first-order valence-corrected chi connectivity index (χ1v) is 10.1. The number of carbonyl (C=O) groups is 1. The Hall–Kier alpha value is -2.63.